The summed E-state index contributed by atoms with van der Waals surface area (Å²) in [7, 11) is 0. The molecule has 0 aliphatic rings. The highest BCUT2D eigenvalue weighted by molar-refractivity contribution is 7.09. The lowest BCUT2D eigenvalue weighted by Gasteiger charge is -2.08. The number of aryl methyl sites for hydroxylation is 2. The summed E-state index contributed by atoms with van der Waals surface area (Å²) in [4.78, 5) is 15.4. The Morgan fingerprint density at radius 3 is 2.83 bits per heavy atom. The fourth-order valence-corrected chi connectivity index (χ4v) is 2.23. The van der Waals surface area contributed by atoms with Crippen LogP contribution in [0, 0.1) is 13.8 Å². The van der Waals surface area contributed by atoms with Gasteiger partial charge in [0.2, 0.25) is 0 Å². The van der Waals surface area contributed by atoms with Crippen LogP contribution >= 0.6 is 11.3 Å². The minimum Gasteiger partial charge on any atom is -0.486 e. The van der Waals surface area contributed by atoms with Gasteiger partial charge in [-0.2, -0.15) is 0 Å². The maximum atomic E-state index is 11.1. The van der Waals surface area contributed by atoms with Gasteiger partial charge >= 0.3 is 5.97 Å². The van der Waals surface area contributed by atoms with E-state index in [0.29, 0.717) is 12.4 Å². The van der Waals surface area contributed by atoms with Gasteiger partial charge in [-0.3, -0.25) is 0 Å². The summed E-state index contributed by atoms with van der Waals surface area (Å²) in [6.45, 7) is 4.05. The fraction of sp³-hybridized carbons (Fsp3) is 0.231. The summed E-state index contributed by atoms with van der Waals surface area (Å²) < 4.78 is 5.52. The molecule has 0 aliphatic carbocycles. The first-order valence-corrected chi connectivity index (χ1v) is 6.32. The third-order valence-corrected chi connectivity index (χ3v) is 3.32. The summed E-state index contributed by atoms with van der Waals surface area (Å²) in [6.07, 6.45) is 0. The highest BCUT2D eigenvalue weighted by atomic mass is 32.1. The summed E-state index contributed by atoms with van der Waals surface area (Å²) in [5.74, 6) is -0.607. The van der Waals surface area contributed by atoms with Crippen molar-refractivity contribution in [2.45, 2.75) is 20.5 Å². The molecule has 0 atom stereocenters. The number of nitrogens with zero attached hydrogens (tertiary/aromatic N) is 1. The number of carbonyl (C=O) groups is 1. The van der Waals surface area contributed by atoms with Gasteiger partial charge in [-0.25, -0.2) is 9.78 Å². The Bertz CT molecular complexity index is 577. The number of aromatic nitrogens is 1. The van der Waals surface area contributed by atoms with Crippen LogP contribution in [-0.2, 0) is 6.61 Å². The number of aromatic carboxylic acids is 1. The van der Waals surface area contributed by atoms with Gasteiger partial charge in [-0.15, -0.1) is 11.3 Å². The van der Waals surface area contributed by atoms with Gasteiger partial charge in [0.05, 0.1) is 0 Å². The second kappa shape index (κ2) is 5.18. The van der Waals surface area contributed by atoms with Crippen molar-refractivity contribution in [3.63, 3.8) is 0 Å². The van der Waals surface area contributed by atoms with Gasteiger partial charge in [0.15, 0.2) is 0 Å². The van der Waals surface area contributed by atoms with E-state index >= 15 is 0 Å². The van der Waals surface area contributed by atoms with E-state index < -0.39 is 5.97 Å². The third-order valence-electron chi connectivity index (χ3n) is 2.38. The molecule has 5 heteroatoms. The molecule has 0 saturated carbocycles. The molecule has 0 bridgehead atoms. The zero-order valence-electron chi connectivity index (χ0n) is 10.1. The van der Waals surface area contributed by atoms with Crippen molar-refractivity contribution >= 4 is 17.3 Å². The topological polar surface area (TPSA) is 59.4 Å². The van der Waals surface area contributed by atoms with Gasteiger partial charge in [0.1, 0.15) is 22.9 Å². The number of hydrogen-bond acceptors (Lipinski definition) is 4. The van der Waals surface area contributed by atoms with Crippen molar-refractivity contribution in [1.29, 1.82) is 0 Å². The van der Waals surface area contributed by atoms with E-state index in [9.17, 15) is 4.79 Å². The molecule has 0 unspecified atom stereocenters. The van der Waals surface area contributed by atoms with Gasteiger partial charge in [0.25, 0.3) is 0 Å². The number of carboxylic acids is 1. The Morgan fingerprint density at radius 1 is 1.44 bits per heavy atom. The van der Waals surface area contributed by atoms with Gasteiger partial charge in [0, 0.05) is 11.1 Å². The van der Waals surface area contributed by atoms with Crippen molar-refractivity contribution in [1.82, 2.24) is 4.98 Å². The minimum atomic E-state index is -0.982. The number of benzene rings is 1. The summed E-state index contributed by atoms with van der Waals surface area (Å²) in [5.41, 5.74) is 2.02. The molecule has 0 aliphatic heterocycles. The molecule has 1 N–H and O–H groups in total. The molecule has 2 aromatic rings. The molecule has 1 heterocycles. The zero-order chi connectivity index (χ0) is 13.1. The van der Waals surface area contributed by atoms with Gasteiger partial charge in [-0.05, 0) is 26.0 Å². The molecular formula is C13H13NO3S. The predicted molar refractivity (Wildman–Crippen MR) is 69.3 cm³/mol. The molecule has 94 valence electrons. The van der Waals surface area contributed by atoms with E-state index in [2.05, 4.69) is 4.98 Å². The predicted octanol–water partition coefficient (Wildman–Crippen LogP) is 3.04. The fourth-order valence-electron chi connectivity index (χ4n) is 1.55. The highest BCUT2D eigenvalue weighted by Crippen LogP contribution is 2.22. The van der Waals surface area contributed by atoms with Crippen molar-refractivity contribution < 1.29 is 14.6 Å². The maximum Gasteiger partial charge on any atom is 0.339 e. The third kappa shape index (κ3) is 2.87. The second-order valence-electron chi connectivity index (χ2n) is 3.98. The largest absolute Gasteiger partial charge is 0.486 e. The van der Waals surface area contributed by atoms with Gasteiger partial charge in [-0.1, -0.05) is 11.6 Å². The average molecular weight is 263 g/mol. The summed E-state index contributed by atoms with van der Waals surface area (Å²) >= 11 is 1.50. The number of rotatable bonds is 4. The van der Waals surface area contributed by atoms with E-state index in [1.165, 1.54) is 11.3 Å². The molecule has 2 rings (SSSR count). The standard InChI is InChI=1S/C13H13NO3S/c1-8-3-4-11(10(5-8)13(15)16)17-6-12-14-9(2)7-18-12/h3-5,7H,6H2,1-2H3,(H,15,16). The number of thiazole rings is 1. The minimum absolute atomic E-state index is 0.184. The van der Waals surface area contributed by atoms with Gasteiger partial charge < -0.3 is 9.84 Å². The summed E-state index contributed by atoms with van der Waals surface area (Å²) in [6, 6.07) is 5.11. The van der Waals surface area contributed by atoms with Crippen molar-refractivity contribution in [2.24, 2.45) is 0 Å². The van der Waals surface area contributed by atoms with Crippen LogP contribution in [0.5, 0.6) is 5.75 Å². The van der Waals surface area contributed by atoms with Crippen LogP contribution in [0.3, 0.4) is 0 Å². The van der Waals surface area contributed by atoms with Crippen molar-refractivity contribution in [3.8, 4) is 5.75 Å². The smallest absolute Gasteiger partial charge is 0.339 e. The van der Waals surface area contributed by atoms with Crippen LogP contribution in [0.2, 0.25) is 0 Å². The van der Waals surface area contributed by atoms with Crippen LogP contribution in [0.4, 0.5) is 0 Å². The van der Waals surface area contributed by atoms with Crippen molar-refractivity contribution in [3.05, 3.63) is 45.4 Å². The Morgan fingerprint density at radius 2 is 2.22 bits per heavy atom. The molecule has 18 heavy (non-hydrogen) atoms. The molecule has 0 spiro atoms. The van der Waals surface area contributed by atoms with Crippen LogP contribution in [-0.4, -0.2) is 16.1 Å². The first-order valence-electron chi connectivity index (χ1n) is 5.44. The SMILES string of the molecule is Cc1ccc(OCc2nc(C)cs2)c(C(=O)O)c1. The van der Waals surface area contributed by atoms with Crippen molar-refractivity contribution in [2.75, 3.05) is 0 Å². The molecular weight excluding hydrogens is 250 g/mol. The van der Waals surface area contributed by atoms with Crippen LogP contribution in [0.1, 0.15) is 26.6 Å². The maximum absolute atomic E-state index is 11.1. The molecule has 0 fully saturated rings. The molecule has 1 aromatic carbocycles. The Hall–Kier alpha value is -1.88. The van der Waals surface area contributed by atoms with E-state index in [0.717, 1.165) is 16.3 Å². The van der Waals surface area contributed by atoms with E-state index in [4.69, 9.17) is 9.84 Å². The zero-order valence-corrected chi connectivity index (χ0v) is 11.0. The Kier molecular flexibility index (Phi) is 3.62. The quantitative estimate of drug-likeness (QED) is 0.921. The molecule has 0 saturated heterocycles. The number of carboxylic acid groups (broad SMARTS) is 1. The van der Waals surface area contributed by atoms with E-state index in [1.54, 1.807) is 12.1 Å². The Balaban J connectivity index is 2.16. The molecule has 0 amide bonds. The lowest BCUT2D eigenvalue weighted by atomic mass is 10.1. The highest BCUT2D eigenvalue weighted by Gasteiger charge is 2.12. The molecule has 0 radical (unpaired) electrons. The van der Waals surface area contributed by atoms with Crippen LogP contribution in [0.25, 0.3) is 0 Å². The lowest BCUT2D eigenvalue weighted by molar-refractivity contribution is 0.0691. The molecule has 1 aromatic heterocycles. The molecule has 4 nitrogen and oxygen atoms in total. The Labute approximate surface area is 109 Å². The van der Waals surface area contributed by atoms with Crippen LogP contribution < -0.4 is 4.74 Å². The van der Waals surface area contributed by atoms with E-state index in [-0.39, 0.29) is 5.56 Å². The number of ether oxygens (including phenoxy) is 1. The monoisotopic (exact) mass is 263 g/mol. The first kappa shape index (κ1) is 12.6. The average Bonchev–Trinajstić information content (AvgIpc) is 2.73. The first-order chi connectivity index (χ1) is 8.56. The van der Waals surface area contributed by atoms with E-state index in [1.807, 2.05) is 25.3 Å². The lowest BCUT2D eigenvalue weighted by Crippen LogP contribution is -2.03. The number of hydrogen-bond donors (Lipinski definition) is 1. The second-order valence-corrected chi connectivity index (χ2v) is 4.92. The summed E-state index contributed by atoms with van der Waals surface area (Å²) in [5, 5.41) is 11.9. The normalized spacial score (nSPS) is 10.3. The van der Waals surface area contributed by atoms with Crippen LogP contribution in [0.15, 0.2) is 23.6 Å².